The van der Waals surface area contributed by atoms with Gasteiger partial charge in [0.1, 0.15) is 0 Å². The maximum atomic E-state index is 10.7. The standard InChI is InChI=1S/C12H12O2P2Se4/c13-15(17,11-7-3-1-4-8-11)19-20-16(14,18)12-9-5-2-6-10-12/h1-10H,(H,13,17)(H,14,18). The molecule has 0 bridgehead atoms. The molecule has 0 aliphatic carbocycles. The van der Waals surface area contributed by atoms with Gasteiger partial charge in [-0.1, -0.05) is 0 Å². The molecule has 0 spiro atoms. The molecule has 8 heteroatoms. The number of hydrogen-bond donors (Lipinski definition) is 2. The quantitative estimate of drug-likeness (QED) is 0.416. The second kappa shape index (κ2) is 7.72. The van der Waals surface area contributed by atoms with Crippen molar-refractivity contribution in [2.75, 3.05) is 0 Å². The summed E-state index contributed by atoms with van der Waals surface area (Å²) in [7, 11) is 0. The molecule has 0 heterocycles. The summed E-state index contributed by atoms with van der Waals surface area (Å²) in [5.74, 6) is 0. The summed E-state index contributed by atoms with van der Waals surface area (Å²) in [5, 5.41) is 1.96. The van der Waals surface area contributed by atoms with Gasteiger partial charge < -0.3 is 0 Å². The van der Waals surface area contributed by atoms with Gasteiger partial charge in [-0.15, -0.1) is 0 Å². The van der Waals surface area contributed by atoms with Gasteiger partial charge in [-0.05, 0) is 0 Å². The van der Waals surface area contributed by atoms with E-state index in [1.165, 1.54) is 0 Å². The molecular weight excluding hydrogens is 554 g/mol. The van der Waals surface area contributed by atoms with Gasteiger partial charge in [-0.2, -0.15) is 0 Å². The van der Waals surface area contributed by atoms with Crippen molar-refractivity contribution in [1.82, 2.24) is 0 Å². The van der Waals surface area contributed by atoms with E-state index in [1.54, 1.807) is 0 Å². The second-order valence-corrected chi connectivity index (χ2v) is 39.2. The Kier molecular flexibility index (Phi) is 6.81. The molecule has 0 aromatic heterocycles. The van der Waals surface area contributed by atoms with Crippen LogP contribution in [0.5, 0.6) is 0 Å². The van der Waals surface area contributed by atoms with E-state index in [1.807, 2.05) is 60.7 Å². The number of hydrogen-bond acceptors (Lipinski definition) is 2. The first-order valence-corrected chi connectivity index (χ1v) is 22.2. The fourth-order valence-electron chi connectivity index (χ4n) is 1.41. The van der Waals surface area contributed by atoms with Crippen LogP contribution in [0.25, 0.3) is 0 Å². The molecule has 20 heavy (non-hydrogen) atoms. The summed E-state index contributed by atoms with van der Waals surface area (Å²) in [6.07, 6.45) is 0. The van der Waals surface area contributed by atoms with Crippen molar-refractivity contribution in [3.05, 3.63) is 60.7 Å². The molecule has 0 radical (unpaired) electrons. The monoisotopic (exact) mass is 570 g/mol. The SMILES string of the molecule is OP(=[Se])([Se][Se]P(O)(=[Se])c1ccccc1)c1ccccc1. The molecule has 2 unspecified atom stereocenters. The van der Waals surface area contributed by atoms with Gasteiger partial charge in [0.2, 0.25) is 0 Å². The second-order valence-electron chi connectivity index (χ2n) is 3.86. The van der Waals surface area contributed by atoms with Crippen LogP contribution in [0.1, 0.15) is 0 Å². The van der Waals surface area contributed by atoms with Crippen LogP contribution in [-0.4, -0.2) is 65.4 Å². The maximum absolute atomic E-state index is 10.7. The third-order valence-corrected chi connectivity index (χ3v) is 54.5. The van der Waals surface area contributed by atoms with Crippen molar-refractivity contribution in [3.63, 3.8) is 0 Å². The Labute approximate surface area is 144 Å². The summed E-state index contributed by atoms with van der Waals surface area (Å²) in [5.41, 5.74) is 0. The Morgan fingerprint density at radius 2 is 0.950 bits per heavy atom. The van der Waals surface area contributed by atoms with E-state index < -0.39 is 8.85 Å². The summed E-state index contributed by atoms with van der Waals surface area (Å²) >= 11 is 6.00. The fourth-order valence-corrected chi connectivity index (χ4v) is 62.1. The number of rotatable bonds is 5. The Morgan fingerprint density at radius 1 is 0.650 bits per heavy atom. The predicted molar refractivity (Wildman–Crippen MR) is 93.4 cm³/mol. The van der Waals surface area contributed by atoms with Crippen LogP contribution in [-0.2, 0) is 0 Å². The molecule has 2 N–H and O–H groups in total. The van der Waals surface area contributed by atoms with E-state index in [4.69, 9.17) is 0 Å². The number of benzene rings is 2. The zero-order valence-electron chi connectivity index (χ0n) is 10.2. The molecule has 106 valence electrons. The molecule has 0 amide bonds. The van der Waals surface area contributed by atoms with Crippen LogP contribution >= 0.6 is 8.85 Å². The molecule has 2 aromatic rings. The van der Waals surface area contributed by atoms with Gasteiger partial charge in [0.05, 0.1) is 0 Å². The topological polar surface area (TPSA) is 40.5 Å². The Hall–Kier alpha value is 1.30. The zero-order chi connectivity index (χ0) is 14.6. The van der Waals surface area contributed by atoms with Gasteiger partial charge in [-0.25, -0.2) is 0 Å². The molecule has 2 aromatic carbocycles. The third-order valence-electron chi connectivity index (χ3n) is 2.40. The minimum absolute atomic E-state index is 0.00493. The summed E-state index contributed by atoms with van der Waals surface area (Å²) in [6, 6.07) is 19.5. The average molecular weight is 566 g/mol. The summed E-state index contributed by atoms with van der Waals surface area (Å²) in [4.78, 5) is 21.4. The molecule has 0 fully saturated rings. The molecule has 2 rings (SSSR count). The van der Waals surface area contributed by atoms with Gasteiger partial charge in [0.25, 0.3) is 0 Å². The Bertz CT molecular complexity index is 604. The molecular formula is C12H12O2P2Se4. The first kappa shape index (κ1) is 17.6. The van der Waals surface area contributed by atoms with E-state index >= 15 is 0 Å². The van der Waals surface area contributed by atoms with Crippen LogP contribution in [0, 0.1) is 0 Å². The third kappa shape index (κ3) is 4.90. The molecule has 0 aliphatic heterocycles. The van der Waals surface area contributed by atoms with Gasteiger partial charge in [-0.3, -0.25) is 0 Å². The summed E-state index contributed by atoms with van der Waals surface area (Å²) < 4.78 is -4.40. The Balaban J connectivity index is 2.12. The van der Waals surface area contributed by atoms with Crippen molar-refractivity contribution in [2.24, 2.45) is 0 Å². The predicted octanol–water partition coefficient (Wildman–Crippen LogP) is 0.808. The fraction of sp³-hybridized carbons (Fsp3) is 0. The van der Waals surface area contributed by atoms with Crippen LogP contribution in [0.15, 0.2) is 60.7 Å². The van der Waals surface area contributed by atoms with Gasteiger partial charge in [0, 0.05) is 0 Å². The van der Waals surface area contributed by atoms with Crippen molar-refractivity contribution < 1.29 is 9.79 Å². The first-order valence-electron chi connectivity index (χ1n) is 5.57. The van der Waals surface area contributed by atoms with E-state index in [0.29, 0.717) is 0 Å². The molecule has 0 saturated heterocycles. The Morgan fingerprint density at radius 3 is 1.25 bits per heavy atom. The van der Waals surface area contributed by atoms with Crippen molar-refractivity contribution in [2.45, 2.75) is 0 Å². The van der Waals surface area contributed by atoms with Crippen LogP contribution in [0.4, 0.5) is 0 Å². The van der Waals surface area contributed by atoms with Crippen molar-refractivity contribution in [3.8, 4) is 0 Å². The van der Waals surface area contributed by atoms with Crippen LogP contribution in [0.2, 0.25) is 0 Å². The normalized spacial score (nSPS) is 17.1. The summed E-state index contributed by atoms with van der Waals surface area (Å²) in [6.45, 7) is 0. The molecule has 2 nitrogen and oxygen atoms in total. The van der Waals surface area contributed by atoms with Crippen molar-refractivity contribution >= 4 is 75.0 Å². The van der Waals surface area contributed by atoms with Crippen LogP contribution < -0.4 is 10.6 Å². The van der Waals surface area contributed by atoms with Gasteiger partial charge in [0.15, 0.2) is 0 Å². The van der Waals surface area contributed by atoms with Crippen molar-refractivity contribution in [1.29, 1.82) is 0 Å². The van der Waals surface area contributed by atoms with E-state index in [2.05, 4.69) is 30.2 Å². The van der Waals surface area contributed by atoms with E-state index in [0.717, 1.165) is 10.6 Å². The molecule has 2 atom stereocenters. The van der Waals surface area contributed by atoms with Crippen LogP contribution in [0.3, 0.4) is 0 Å². The molecule has 0 aliphatic rings. The molecule has 0 saturated carbocycles. The minimum atomic E-state index is -2.20. The average Bonchev–Trinajstić information content (AvgIpc) is 2.47. The van der Waals surface area contributed by atoms with E-state index in [9.17, 15) is 9.79 Å². The van der Waals surface area contributed by atoms with Gasteiger partial charge >= 0.3 is 145 Å². The first-order chi connectivity index (χ1) is 9.42. The van der Waals surface area contributed by atoms with E-state index in [-0.39, 0.29) is 25.4 Å². The zero-order valence-corrected chi connectivity index (χ0v) is 18.8.